The summed E-state index contributed by atoms with van der Waals surface area (Å²) in [5.74, 6) is -0.430. The monoisotopic (exact) mass is 470 g/mol. The Hall–Kier alpha value is -2.83. The summed E-state index contributed by atoms with van der Waals surface area (Å²) in [7, 11) is -3.96. The number of amides is 1. The molecule has 0 heterocycles. The summed E-state index contributed by atoms with van der Waals surface area (Å²) in [6, 6.07) is 20.6. The van der Waals surface area contributed by atoms with Gasteiger partial charge in [0.2, 0.25) is 5.91 Å². The van der Waals surface area contributed by atoms with Crippen LogP contribution in [0.15, 0.2) is 77.7 Å². The van der Waals surface area contributed by atoms with Gasteiger partial charge in [-0.3, -0.25) is 9.10 Å². The number of unbranched alkanes of at least 4 members (excludes halogenated alkanes) is 1. The van der Waals surface area contributed by atoms with Crippen LogP contribution in [0.1, 0.15) is 30.9 Å². The lowest BCUT2D eigenvalue weighted by molar-refractivity contribution is -0.114. The first-order valence-electron chi connectivity index (χ1n) is 10.5. The van der Waals surface area contributed by atoms with Crippen molar-refractivity contribution >= 4 is 38.9 Å². The second-order valence-corrected chi connectivity index (χ2v) is 9.90. The Morgan fingerprint density at radius 3 is 2.31 bits per heavy atom. The van der Waals surface area contributed by atoms with Gasteiger partial charge in [-0.2, -0.15) is 0 Å². The van der Waals surface area contributed by atoms with E-state index in [-0.39, 0.29) is 11.4 Å². The van der Waals surface area contributed by atoms with Crippen molar-refractivity contribution in [2.24, 2.45) is 0 Å². The van der Waals surface area contributed by atoms with E-state index in [4.69, 9.17) is 11.6 Å². The zero-order valence-electron chi connectivity index (χ0n) is 18.2. The van der Waals surface area contributed by atoms with Crippen LogP contribution in [-0.2, 0) is 21.2 Å². The molecule has 0 aliphatic heterocycles. The second kappa shape index (κ2) is 10.7. The number of halogens is 1. The van der Waals surface area contributed by atoms with Gasteiger partial charge >= 0.3 is 0 Å². The summed E-state index contributed by atoms with van der Waals surface area (Å²) in [5.41, 5.74) is 2.89. The van der Waals surface area contributed by atoms with E-state index >= 15 is 0 Å². The maximum Gasteiger partial charge on any atom is 0.264 e. The maximum absolute atomic E-state index is 13.4. The van der Waals surface area contributed by atoms with Crippen LogP contribution < -0.4 is 9.62 Å². The van der Waals surface area contributed by atoms with Gasteiger partial charge in [-0.05, 0) is 73.4 Å². The smallest absolute Gasteiger partial charge is 0.264 e. The molecule has 0 saturated carbocycles. The number of hydrogen-bond acceptors (Lipinski definition) is 3. The van der Waals surface area contributed by atoms with Crippen molar-refractivity contribution in [3.05, 3.63) is 88.9 Å². The topological polar surface area (TPSA) is 66.5 Å². The molecule has 7 heteroatoms. The average molecular weight is 471 g/mol. The predicted molar refractivity (Wildman–Crippen MR) is 131 cm³/mol. The SMILES string of the molecule is CCCCc1ccc(NC(=O)CN(c2ccc(Cl)cc2C)S(=O)(=O)c2ccccc2)cc1. The molecule has 0 radical (unpaired) electrons. The number of nitrogens with one attached hydrogen (secondary N) is 1. The molecule has 0 aromatic heterocycles. The molecule has 0 bridgehead atoms. The van der Waals surface area contributed by atoms with Crippen LogP contribution in [0.5, 0.6) is 0 Å². The molecule has 0 aliphatic carbocycles. The van der Waals surface area contributed by atoms with Gasteiger partial charge in [-0.25, -0.2) is 8.42 Å². The Labute approximate surface area is 195 Å². The highest BCUT2D eigenvalue weighted by atomic mass is 35.5. The van der Waals surface area contributed by atoms with E-state index in [0.717, 1.165) is 23.6 Å². The lowest BCUT2D eigenvalue weighted by atomic mass is 10.1. The predicted octanol–water partition coefficient (Wildman–Crippen LogP) is 5.83. The van der Waals surface area contributed by atoms with Gasteiger partial charge in [0.1, 0.15) is 6.54 Å². The fourth-order valence-corrected chi connectivity index (χ4v) is 5.12. The third-order valence-electron chi connectivity index (χ3n) is 5.10. The minimum absolute atomic E-state index is 0.113. The first-order valence-corrected chi connectivity index (χ1v) is 12.4. The molecule has 32 heavy (non-hydrogen) atoms. The molecule has 3 aromatic rings. The molecule has 5 nitrogen and oxygen atoms in total. The molecule has 3 rings (SSSR count). The van der Waals surface area contributed by atoms with Crippen LogP contribution in [0.2, 0.25) is 5.02 Å². The molecule has 3 aromatic carbocycles. The Bertz CT molecular complexity index is 1160. The van der Waals surface area contributed by atoms with Gasteiger partial charge in [0.05, 0.1) is 10.6 Å². The largest absolute Gasteiger partial charge is 0.325 e. The van der Waals surface area contributed by atoms with Crippen molar-refractivity contribution < 1.29 is 13.2 Å². The molecule has 1 N–H and O–H groups in total. The molecular weight excluding hydrogens is 444 g/mol. The third-order valence-corrected chi connectivity index (χ3v) is 7.11. The van der Waals surface area contributed by atoms with Crippen LogP contribution in [-0.4, -0.2) is 20.9 Å². The van der Waals surface area contributed by atoms with Gasteiger partial charge in [-0.1, -0.05) is 55.3 Å². The highest BCUT2D eigenvalue weighted by Crippen LogP contribution is 2.29. The van der Waals surface area contributed by atoms with Crippen molar-refractivity contribution in [1.29, 1.82) is 0 Å². The number of anilines is 2. The van der Waals surface area contributed by atoms with Crippen molar-refractivity contribution in [3.63, 3.8) is 0 Å². The van der Waals surface area contributed by atoms with Crippen molar-refractivity contribution in [2.45, 2.75) is 38.0 Å². The Balaban J connectivity index is 1.86. The summed E-state index contributed by atoms with van der Waals surface area (Å²) in [4.78, 5) is 13.0. The summed E-state index contributed by atoms with van der Waals surface area (Å²) in [6.45, 7) is 3.55. The lowest BCUT2D eigenvalue weighted by Crippen LogP contribution is -2.38. The molecule has 0 saturated heterocycles. The van der Waals surface area contributed by atoms with Crippen LogP contribution in [0, 0.1) is 6.92 Å². The minimum Gasteiger partial charge on any atom is -0.325 e. The van der Waals surface area contributed by atoms with Gasteiger partial charge < -0.3 is 5.32 Å². The molecule has 0 unspecified atom stereocenters. The quantitative estimate of drug-likeness (QED) is 0.428. The molecular formula is C25H27ClN2O3S. The number of sulfonamides is 1. The molecule has 1 amide bonds. The van der Waals surface area contributed by atoms with Gasteiger partial charge in [0.15, 0.2) is 0 Å². The number of hydrogen-bond donors (Lipinski definition) is 1. The average Bonchev–Trinajstić information content (AvgIpc) is 2.78. The number of aryl methyl sites for hydroxylation is 2. The van der Waals surface area contributed by atoms with E-state index in [9.17, 15) is 13.2 Å². The van der Waals surface area contributed by atoms with Gasteiger partial charge in [-0.15, -0.1) is 0 Å². The van der Waals surface area contributed by atoms with Crippen molar-refractivity contribution in [3.8, 4) is 0 Å². The number of carbonyl (C=O) groups excluding carboxylic acids is 1. The van der Waals surface area contributed by atoms with Crippen molar-refractivity contribution in [1.82, 2.24) is 0 Å². The molecule has 0 atom stereocenters. The van der Waals surface area contributed by atoms with Gasteiger partial charge in [0.25, 0.3) is 10.0 Å². The second-order valence-electron chi connectivity index (χ2n) is 7.60. The zero-order valence-corrected chi connectivity index (χ0v) is 19.8. The fraction of sp³-hybridized carbons (Fsp3) is 0.240. The Morgan fingerprint density at radius 2 is 1.69 bits per heavy atom. The van der Waals surface area contributed by atoms with Crippen molar-refractivity contribution in [2.75, 3.05) is 16.2 Å². The van der Waals surface area contributed by atoms with E-state index < -0.39 is 15.9 Å². The van der Waals surface area contributed by atoms with E-state index in [1.807, 2.05) is 24.3 Å². The normalized spacial score (nSPS) is 11.2. The van der Waals surface area contributed by atoms with E-state index in [2.05, 4.69) is 12.2 Å². The fourth-order valence-electron chi connectivity index (χ4n) is 3.38. The Kier molecular flexibility index (Phi) is 7.94. The standard InChI is InChI=1S/C25H27ClN2O3S/c1-3-4-8-20-11-14-22(15-12-20)27-25(29)18-28(24-16-13-21(26)17-19(24)2)32(30,31)23-9-6-5-7-10-23/h5-7,9-17H,3-4,8,18H2,1-2H3,(H,27,29). The summed E-state index contributed by atoms with van der Waals surface area (Å²) < 4.78 is 28.0. The lowest BCUT2D eigenvalue weighted by Gasteiger charge is -2.25. The summed E-state index contributed by atoms with van der Waals surface area (Å²) in [6.07, 6.45) is 3.22. The molecule has 168 valence electrons. The highest BCUT2D eigenvalue weighted by Gasteiger charge is 2.28. The summed E-state index contributed by atoms with van der Waals surface area (Å²) >= 11 is 6.06. The number of benzene rings is 3. The first-order chi connectivity index (χ1) is 15.3. The Morgan fingerprint density at radius 1 is 1.00 bits per heavy atom. The van der Waals surface area contributed by atoms with Crippen LogP contribution >= 0.6 is 11.6 Å². The maximum atomic E-state index is 13.4. The summed E-state index contributed by atoms with van der Waals surface area (Å²) in [5, 5.41) is 3.30. The van der Waals surface area contributed by atoms with E-state index in [0.29, 0.717) is 22.0 Å². The number of rotatable bonds is 9. The molecule has 0 fully saturated rings. The van der Waals surface area contributed by atoms with Crippen LogP contribution in [0.3, 0.4) is 0 Å². The highest BCUT2D eigenvalue weighted by molar-refractivity contribution is 7.92. The molecule has 0 spiro atoms. The van der Waals surface area contributed by atoms with E-state index in [1.165, 1.54) is 17.7 Å². The van der Waals surface area contributed by atoms with Crippen LogP contribution in [0.25, 0.3) is 0 Å². The van der Waals surface area contributed by atoms with Crippen LogP contribution in [0.4, 0.5) is 11.4 Å². The van der Waals surface area contributed by atoms with E-state index in [1.54, 1.807) is 43.3 Å². The molecule has 0 aliphatic rings. The number of carbonyl (C=O) groups is 1. The first kappa shape index (κ1) is 23.8. The zero-order chi connectivity index (χ0) is 23.1. The third kappa shape index (κ3) is 5.90. The number of nitrogens with zero attached hydrogens (tertiary/aromatic N) is 1. The minimum atomic E-state index is -3.96. The van der Waals surface area contributed by atoms with Gasteiger partial charge in [0, 0.05) is 10.7 Å².